The number of anilines is 1. The van der Waals surface area contributed by atoms with E-state index < -0.39 is 0 Å². The molecule has 2 N–H and O–H groups in total. The van der Waals surface area contributed by atoms with Gasteiger partial charge in [0.2, 0.25) is 0 Å². The number of nitrogen functional groups attached to an aromatic ring is 1. The van der Waals surface area contributed by atoms with Crippen molar-refractivity contribution in [1.82, 2.24) is 4.90 Å². The molecule has 2 rings (SSSR count). The number of carbonyl (C=O) groups is 1. The fourth-order valence-electron chi connectivity index (χ4n) is 2.89. The summed E-state index contributed by atoms with van der Waals surface area (Å²) in [4.78, 5) is 14.5. The highest BCUT2D eigenvalue weighted by molar-refractivity contribution is 5.97. The summed E-state index contributed by atoms with van der Waals surface area (Å²) < 4.78 is 5.26. The molecule has 4 nitrogen and oxygen atoms in total. The molecule has 0 saturated carbocycles. The lowest BCUT2D eigenvalue weighted by Gasteiger charge is -2.35. The summed E-state index contributed by atoms with van der Waals surface area (Å²) in [6.45, 7) is 5.99. The van der Waals surface area contributed by atoms with Crippen LogP contribution in [0.25, 0.3) is 0 Å². The topological polar surface area (TPSA) is 55.6 Å². The van der Waals surface area contributed by atoms with Crippen molar-refractivity contribution in [2.75, 3.05) is 25.9 Å². The Morgan fingerprint density at radius 2 is 1.95 bits per heavy atom. The van der Waals surface area contributed by atoms with Crippen LogP contribution in [-0.4, -0.2) is 31.0 Å². The predicted molar refractivity (Wildman–Crippen MR) is 76.3 cm³/mol. The highest BCUT2D eigenvalue weighted by Gasteiger charge is 2.27. The Bertz CT molecular complexity index is 463. The first kappa shape index (κ1) is 13.7. The van der Waals surface area contributed by atoms with Gasteiger partial charge in [0, 0.05) is 18.8 Å². The number of ether oxygens (including phenoxy) is 1. The van der Waals surface area contributed by atoms with E-state index in [-0.39, 0.29) is 5.91 Å². The van der Waals surface area contributed by atoms with E-state index in [0.717, 1.165) is 13.1 Å². The molecule has 1 aliphatic rings. The number of nitrogens with two attached hydrogens (primary N) is 1. The van der Waals surface area contributed by atoms with E-state index in [0.29, 0.717) is 28.8 Å². The van der Waals surface area contributed by atoms with Gasteiger partial charge < -0.3 is 15.4 Å². The number of likely N-dealkylation sites (tertiary alicyclic amines) is 1. The third-order valence-electron chi connectivity index (χ3n) is 3.61. The average Bonchev–Trinajstić information content (AvgIpc) is 2.36. The molecule has 0 spiro atoms. The van der Waals surface area contributed by atoms with Crippen molar-refractivity contribution < 1.29 is 9.53 Å². The first-order valence-corrected chi connectivity index (χ1v) is 6.74. The summed E-state index contributed by atoms with van der Waals surface area (Å²) >= 11 is 0. The maximum atomic E-state index is 12.6. The molecular weight excluding hydrogens is 240 g/mol. The highest BCUT2D eigenvalue weighted by Crippen LogP contribution is 2.27. The Kier molecular flexibility index (Phi) is 3.98. The zero-order chi connectivity index (χ0) is 14.0. The molecule has 1 heterocycles. The molecule has 0 aliphatic carbocycles. The minimum absolute atomic E-state index is 0.0163. The number of benzene rings is 1. The lowest BCUT2D eigenvalue weighted by molar-refractivity contribution is 0.0620. The van der Waals surface area contributed by atoms with Crippen molar-refractivity contribution >= 4 is 11.6 Å². The van der Waals surface area contributed by atoms with Gasteiger partial charge in [-0.3, -0.25) is 4.79 Å². The monoisotopic (exact) mass is 262 g/mol. The number of hydrogen-bond acceptors (Lipinski definition) is 3. The van der Waals surface area contributed by atoms with Crippen LogP contribution in [0, 0.1) is 11.8 Å². The lowest BCUT2D eigenvalue weighted by Crippen LogP contribution is -2.42. The van der Waals surface area contributed by atoms with Crippen molar-refractivity contribution in [1.29, 1.82) is 0 Å². The van der Waals surface area contributed by atoms with Gasteiger partial charge in [0.1, 0.15) is 5.75 Å². The first-order chi connectivity index (χ1) is 9.01. The molecule has 104 valence electrons. The van der Waals surface area contributed by atoms with Crippen LogP contribution in [0.1, 0.15) is 30.6 Å². The summed E-state index contributed by atoms with van der Waals surface area (Å²) in [5.74, 6) is 1.69. The number of carbonyl (C=O) groups excluding carboxylic acids is 1. The second-order valence-corrected chi connectivity index (χ2v) is 5.62. The van der Waals surface area contributed by atoms with Crippen molar-refractivity contribution in [2.24, 2.45) is 11.8 Å². The van der Waals surface area contributed by atoms with E-state index in [2.05, 4.69) is 13.8 Å². The van der Waals surface area contributed by atoms with Gasteiger partial charge >= 0.3 is 0 Å². The smallest absolute Gasteiger partial charge is 0.257 e. The van der Waals surface area contributed by atoms with Crippen LogP contribution in [0.2, 0.25) is 0 Å². The zero-order valence-corrected chi connectivity index (χ0v) is 11.8. The molecular formula is C15H22N2O2. The number of nitrogens with zero attached hydrogens (tertiary/aromatic N) is 1. The number of piperidine rings is 1. The molecule has 19 heavy (non-hydrogen) atoms. The molecule has 0 radical (unpaired) electrons. The number of amides is 1. The maximum Gasteiger partial charge on any atom is 0.257 e. The highest BCUT2D eigenvalue weighted by atomic mass is 16.5. The molecule has 1 aliphatic heterocycles. The third kappa shape index (κ3) is 3.00. The van der Waals surface area contributed by atoms with Crippen molar-refractivity contribution in [3.05, 3.63) is 23.8 Å². The number of methoxy groups -OCH3 is 1. The number of hydrogen-bond donors (Lipinski definition) is 1. The molecule has 1 saturated heterocycles. The van der Waals surface area contributed by atoms with Gasteiger partial charge in [0.25, 0.3) is 5.91 Å². The van der Waals surface area contributed by atoms with Gasteiger partial charge in [0.15, 0.2) is 0 Å². The number of rotatable bonds is 2. The van der Waals surface area contributed by atoms with Crippen LogP contribution in [0.3, 0.4) is 0 Å². The predicted octanol–water partition coefficient (Wildman–Crippen LogP) is 2.40. The first-order valence-electron chi connectivity index (χ1n) is 6.74. The van der Waals surface area contributed by atoms with Crippen molar-refractivity contribution in [3.8, 4) is 5.75 Å². The van der Waals surface area contributed by atoms with Crippen molar-refractivity contribution in [2.45, 2.75) is 20.3 Å². The molecule has 1 fully saturated rings. The van der Waals surface area contributed by atoms with E-state index in [1.54, 1.807) is 25.3 Å². The minimum Gasteiger partial charge on any atom is -0.496 e. The second-order valence-electron chi connectivity index (χ2n) is 5.62. The summed E-state index contributed by atoms with van der Waals surface area (Å²) in [5, 5.41) is 0. The molecule has 2 unspecified atom stereocenters. The fourth-order valence-corrected chi connectivity index (χ4v) is 2.89. The van der Waals surface area contributed by atoms with Crippen LogP contribution in [-0.2, 0) is 0 Å². The molecule has 2 atom stereocenters. The largest absolute Gasteiger partial charge is 0.496 e. The SMILES string of the molecule is COc1ccc(N)cc1C(=O)N1CC(C)CC(C)C1. The van der Waals surface area contributed by atoms with Gasteiger partial charge in [-0.1, -0.05) is 13.8 Å². The fraction of sp³-hybridized carbons (Fsp3) is 0.533. The Morgan fingerprint density at radius 1 is 1.32 bits per heavy atom. The molecule has 4 heteroatoms. The van der Waals surface area contributed by atoms with Gasteiger partial charge in [0.05, 0.1) is 12.7 Å². The second kappa shape index (κ2) is 5.51. The van der Waals surface area contributed by atoms with E-state index in [1.807, 2.05) is 4.90 Å². The van der Waals surface area contributed by atoms with E-state index in [4.69, 9.17) is 10.5 Å². The Hall–Kier alpha value is -1.71. The lowest BCUT2D eigenvalue weighted by atomic mass is 9.91. The molecule has 1 aromatic rings. The standard InChI is InChI=1S/C15H22N2O2/c1-10-6-11(2)9-17(8-10)15(18)13-7-12(16)4-5-14(13)19-3/h4-5,7,10-11H,6,8-9,16H2,1-3H3. The van der Waals surface area contributed by atoms with Crippen LogP contribution >= 0.6 is 0 Å². The summed E-state index contributed by atoms with van der Waals surface area (Å²) in [5.41, 5.74) is 6.92. The third-order valence-corrected chi connectivity index (χ3v) is 3.61. The Labute approximate surface area is 114 Å². The van der Waals surface area contributed by atoms with Gasteiger partial charge in [-0.05, 0) is 36.5 Å². The molecule has 1 amide bonds. The van der Waals surface area contributed by atoms with Crippen LogP contribution in [0.4, 0.5) is 5.69 Å². The van der Waals surface area contributed by atoms with Gasteiger partial charge in [-0.25, -0.2) is 0 Å². The summed E-state index contributed by atoms with van der Waals surface area (Å²) in [6.07, 6.45) is 1.18. The zero-order valence-electron chi connectivity index (χ0n) is 11.8. The van der Waals surface area contributed by atoms with E-state index >= 15 is 0 Å². The van der Waals surface area contributed by atoms with Crippen LogP contribution in [0.15, 0.2) is 18.2 Å². The Morgan fingerprint density at radius 3 is 2.53 bits per heavy atom. The molecule has 0 bridgehead atoms. The van der Waals surface area contributed by atoms with Crippen molar-refractivity contribution in [3.63, 3.8) is 0 Å². The summed E-state index contributed by atoms with van der Waals surface area (Å²) in [7, 11) is 1.57. The molecule has 1 aromatic carbocycles. The normalized spacial score (nSPS) is 23.2. The summed E-state index contributed by atoms with van der Waals surface area (Å²) in [6, 6.07) is 5.20. The van der Waals surface area contributed by atoms with Gasteiger partial charge in [-0.15, -0.1) is 0 Å². The maximum absolute atomic E-state index is 12.6. The average molecular weight is 262 g/mol. The Balaban J connectivity index is 2.26. The minimum atomic E-state index is 0.0163. The van der Waals surface area contributed by atoms with E-state index in [1.165, 1.54) is 6.42 Å². The van der Waals surface area contributed by atoms with Gasteiger partial charge in [-0.2, -0.15) is 0 Å². The van der Waals surface area contributed by atoms with E-state index in [9.17, 15) is 4.79 Å². The quantitative estimate of drug-likeness (QED) is 0.833. The van der Waals surface area contributed by atoms with Crippen LogP contribution in [0.5, 0.6) is 5.75 Å². The molecule has 0 aromatic heterocycles. The van der Waals surface area contributed by atoms with Crippen LogP contribution < -0.4 is 10.5 Å².